The van der Waals surface area contributed by atoms with E-state index in [1.165, 1.54) is 17.5 Å². The molecule has 2 fully saturated rings. The number of carbonyl (C=O) groups excluding carboxylic acids is 2. The Bertz CT molecular complexity index is 932. The number of piperazine rings is 1. The van der Waals surface area contributed by atoms with Crippen molar-refractivity contribution in [1.29, 1.82) is 0 Å². The van der Waals surface area contributed by atoms with Gasteiger partial charge < -0.3 is 14.8 Å². The Hall–Kier alpha value is -2.34. The summed E-state index contributed by atoms with van der Waals surface area (Å²) in [5.74, 6) is 1.44. The molecule has 2 aliphatic heterocycles. The fourth-order valence-electron chi connectivity index (χ4n) is 5.15. The van der Waals surface area contributed by atoms with E-state index in [4.69, 9.17) is 0 Å². The highest BCUT2D eigenvalue weighted by Gasteiger charge is 2.29. The lowest BCUT2D eigenvalue weighted by Crippen LogP contribution is -2.53. The number of piperidine rings is 1. The number of hydrogen-bond acceptors (Lipinski definition) is 3. The first-order chi connectivity index (χ1) is 14.3. The lowest BCUT2D eigenvalue weighted by atomic mass is 9.92. The zero-order chi connectivity index (χ0) is 21.4. The van der Waals surface area contributed by atoms with Gasteiger partial charge in [0.2, 0.25) is 5.91 Å². The Morgan fingerprint density at radius 1 is 0.967 bits per heavy atom. The maximum Gasteiger partial charge on any atom is 0.270 e. The van der Waals surface area contributed by atoms with Crippen molar-refractivity contribution in [3.05, 3.63) is 35.0 Å². The van der Waals surface area contributed by atoms with Gasteiger partial charge in [-0.05, 0) is 55.4 Å². The lowest BCUT2D eigenvalue weighted by molar-refractivity contribution is -0.135. The maximum atomic E-state index is 13.0. The van der Waals surface area contributed by atoms with Gasteiger partial charge in [0, 0.05) is 50.2 Å². The molecule has 2 aromatic rings. The summed E-state index contributed by atoms with van der Waals surface area (Å²) in [6.45, 7) is 13.6. The molecule has 0 unspecified atom stereocenters. The standard InChI is InChI=1S/C24H34N4O2/c1-16-10-19(4)20-12-22(25-21(20)11-16)24(30)27-7-5-26(6-8-27)15-23(29)28-13-17(2)9-18(3)14-28/h10-12,17-18,25H,5-9,13-15H2,1-4H3/t17-,18-/m1/s1. The molecule has 2 amide bonds. The summed E-state index contributed by atoms with van der Waals surface area (Å²) in [6, 6.07) is 6.20. The second-order valence-corrected chi connectivity index (χ2v) is 9.54. The van der Waals surface area contributed by atoms with Gasteiger partial charge in [-0.1, -0.05) is 19.9 Å². The largest absolute Gasteiger partial charge is 0.351 e. The normalized spacial score (nSPS) is 23.2. The minimum atomic E-state index is 0.0490. The van der Waals surface area contributed by atoms with E-state index in [0.29, 0.717) is 37.2 Å². The van der Waals surface area contributed by atoms with Crippen LogP contribution in [0, 0.1) is 25.7 Å². The van der Waals surface area contributed by atoms with Crippen LogP contribution >= 0.6 is 0 Å². The second-order valence-electron chi connectivity index (χ2n) is 9.54. The third kappa shape index (κ3) is 4.38. The van der Waals surface area contributed by atoms with Crippen LogP contribution < -0.4 is 0 Å². The van der Waals surface area contributed by atoms with Crippen molar-refractivity contribution < 1.29 is 9.59 Å². The third-order valence-electron chi connectivity index (χ3n) is 6.56. The molecular formula is C24H34N4O2. The highest BCUT2D eigenvalue weighted by Crippen LogP contribution is 2.23. The molecule has 0 aliphatic carbocycles. The van der Waals surface area contributed by atoms with Gasteiger partial charge in [0.05, 0.1) is 6.54 Å². The van der Waals surface area contributed by atoms with Crippen molar-refractivity contribution in [1.82, 2.24) is 19.7 Å². The van der Waals surface area contributed by atoms with Crippen LogP contribution in [0.3, 0.4) is 0 Å². The fraction of sp³-hybridized carbons (Fsp3) is 0.583. The van der Waals surface area contributed by atoms with E-state index in [1.54, 1.807) is 0 Å². The highest BCUT2D eigenvalue weighted by atomic mass is 16.2. The van der Waals surface area contributed by atoms with Gasteiger partial charge in [-0.3, -0.25) is 14.5 Å². The smallest absolute Gasteiger partial charge is 0.270 e. The summed E-state index contributed by atoms with van der Waals surface area (Å²) >= 11 is 0. The van der Waals surface area contributed by atoms with Gasteiger partial charge >= 0.3 is 0 Å². The molecule has 0 saturated carbocycles. The summed E-state index contributed by atoms with van der Waals surface area (Å²) in [4.78, 5) is 35.2. The summed E-state index contributed by atoms with van der Waals surface area (Å²) in [5.41, 5.74) is 4.05. The second kappa shape index (κ2) is 8.42. The number of aryl methyl sites for hydroxylation is 2. The summed E-state index contributed by atoms with van der Waals surface area (Å²) in [6.07, 6.45) is 1.21. The molecule has 1 N–H and O–H groups in total. The molecule has 1 aromatic heterocycles. The molecule has 2 atom stereocenters. The van der Waals surface area contributed by atoms with Gasteiger partial charge in [0.25, 0.3) is 5.91 Å². The number of aromatic amines is 1. The van der Waals surface area contributed by atoms with Crippen LogP contribution in [0.1, 0.15) is 41.9 Å². The van der Waals surface area contributed by atoms with E-state index < -0.39 is 0 Å². The topological polar surface area (TPSA) is 59.7 Å². The van der Waals surface area contributed by atoms with Crippen molar-refractivity contribution in [3.8, 4) is 0 Å². The van der Waals surface area contributed by atoms with Crippen molar-refractivity contribution in [2.24, 2.45) is 11.8 Å². The average molecular weight is 411 g/mol. The van der Waals surface area contributed by atoms with E-state index in [-0.39, 0.29) is 11.8 Å². The number of hydrogen-bond donors (Lipinski definition) is 1. The minimum absolute atomic E-state index is 0.0490. The Kier molecular flexibility index (Phi) is 5.87. The molecule has 2 aliphatic rings. The predicted octanol–water partition coefficient (Wildman–Crippen LogP) is 3.05. The average Bonchev–Trinajstić information content (AvgIpc) is 3.11. The molecular weight excluding hydrogens is 376 g/mol. The van der Waals surface area contributed by atoms with Crippen molar-refractivity contribution >= 4 is 22.7 Å². The zero-order valence-corrected chi connectivity index (χ0v) is 18.7. The van der Waals surface area contributed by atoms with Crippen LogP contribution in [0.15, 0.2) is 18.2 Å². The Balaban J connectivity index is 1.33. The van der Waals surface area contributed by atoms with Crippen LogP contribution in [0.25, 0.3) is 10.9 Å². The van der Waals surface area contributed by atoms with Crippen LogP contribution in [0.2, 0.25) is 0 Å². The third-order valence-corrected chi connectivity index (χ3v) is 6.56. The van der Waals surface area contributed by atoms with Crippen molar-refractivity contribution in [2.75, 3.05) is 45.8 Å². The Labute approximate surface area is 179 Å². The van der Waals surface area contributed by atoms with Crippen LogP contribution in [-0.2, 0) is 4.79 Å². The molecule has 0 radical (unpaired) electrons. The number of aromatic nitrogens is 1. The first kappa shape index (κ1) is 20.9. The quantitative estimate of drug-likeness (QED) is 0.846. The number of rotatable bonds is 3. The van der Waals surface area contributed by atoms with Crippen molar-refractivity contribution in [2.45, 2.75) is 34.1 Å². The van der Waals surface area contributed by atoms with E-state index in [9.17, 15) is 9.59 Å². The number of nitrogens with one attached hydrogen (secondary N) is 1. The van der Waals surface area contributed by atoms with Crippen LogP contribution in [-0.4, -0.2) is 77.3 Å². The monoisotopic (exact) mass is 410 g/mol. The molecule has 6 heteroatoms. The number of amides is 2. The summed E-state index contributed by atoms with van der Waals surface area (Å²) in [7, 11) is 0. The molecule has 3 heterocycles. The molecule has 30 heavy (non-hydrogen) atoms. The zero-order valence-electron chi connectivity index (χ0n) is 18.7. The highest BCUT2D eigenvalue weighted by molar-refractivity contribution is 5.99. The lowest BCUT2D eigenvalue weighted by Gasteiger charge is -2.38. The predicted molar refractivity (Wildman–Crippen MR) is 120 cm³/mol. The number of benzene rings is 1. The van der Waals surface area contributed by atoms with E-state index in [1.807, 2.05) is 15.9 Å². The van der Waals surface area contributed by atoms with E-state index in [0.717, 1.165) is 37.1 Å². The number of nitrogens with zero attached hydrogens (tertiary/aromatic N) is 3. The number of fused-ring (bicyclic) bond motifs is 1. The van der Waals surface area contributed by atoms with Gasteiger partial charge in [0.1, 0.15) is 5.69 Å². The minimum Gasteiger partial charge on any atom is -0.351 e. The van der Waals surface area contributed by atoms with Crippen LogP contribution in [0.5, 0.6) is 0 Å². The Morgan fingerprint density at radius 3 is 2.30 bits per heavy atom. The molecule has 1 aromatic carbocycles. The summed E-state index contributed by atoms with van der Waals surface area (Å²) < 4.78 is 0. The molecule has 2 saturated heterocycles. The van der Waals surface area contributed by atoms with Gasteiger partial charge in [-0.2, -0.15) is 0 Å². The SMILES string of the molecule is Cc1cc(C)c2cc(C(=O)N3CCN(CC(=O)N4C[C@H](C)C[C@@H](C)C4)CC3)[nH]c2c1. The van der Waals surface area contributed by atoms with E-state index in [2.05, 4.69) is 49.7 Å². The first-order valence-corrected chi connectivity index (χ1v) is 11.2. The number of carbonyl (C=O) groups is 2. The Morgan fingerprint density at radius 2 is 1.63 bits per heavy atom. The van der Waals surface area contributed by atoms with Gasteiger partial charge in [0.15, 0.2) is 0 Å². The fourth-order valence-corrected chi connectivity index (χ4v) is 5.15. The first-order valence-electron chi connectivity index (χ1n) is 11.2. The van der Waals surface area contributed by atoms with Crippen molar-refractivity contribution in [3.63, 3.8) is 0 Å². The van der Waals surface area contributed by atoms with Gasteiger partial charge in [-0.15, -0.1) is 0 Å². The molecule has 162 valence electrons. The summed E-state index contributed by atoms with van der Waals surface area (Å²) in [5, 5.41) is 1.11. The van der Waals surface area contributed by atoms with Crippen LogP contribution in [0.4, 0.5) is 0 Å². The molecule has 0 bridgehead atoms. The maximum absolute atomic E-state index is 13.0. The van der Waals surface area contributed by atoms with E-state index >= 15 is 0 Å². The number of H-pyrrole nitrogens is 1. The van der Waals surface area contributed by atoms with Gasteiger partial charge in [-0.25, -0.2) is 0 Å². The molecule has 4 rings (SSSR count). The molecule has 6 nitrogen and oxygen atoms in total. The molecule has 0 spiro atoms. The number of likely N-dealkylation sites (tertiary alicyclic amines) is 1.